The number of fused-ring (bicyclic) bond motifs is 3. The molecule has 2 aliphatic rings. The molecule has 1 N–H and O–H groups in total. The van der Waals surface area contributed by atoms with Crippen molar-refractivity contribution in [1.82, 2.24) is 0 Å². The molecule has 140 valence electrons. The molecule has 0 bridgehead atoms. The number of nitro groups is 1. The van der Waals surface area contributed by atoms with Crippen LogP contribution in [0.2, 0.25) is 0 Å². The number of non-ortho nitro benzene ring substituents is 1. The summed E-state index contributed by atoms with van der Waals surface area (Å²) >= 11 is 0. The van der Waals surface area contributed by atoms with E-state index in [2.05, 4.69) is 23.5 Å². The number of rotatable bonds is 4. The molecule has 0 saturated heterocycles. The number of hydrogen-bond donors (Lipinski definition) is 1. The fraction of sp³-hybridized carbons (Fsp3) is 0.333. The summed E-state index contributed by atoms with van der Waals surface area (Å²) in [7, 11) is 3.28. The Morgan fingerprint density at radius 1 is 1.19 bits per heavy atom. The van der Waals surface area contributed by atoms with E-state index >= 15 is 0 Å². The Hall–Kier alpha value is -3.02. The summed E-state index contributed by atoms with van der Waals surface area (Å²) in [6.07, 6.45) is 5.25. The molecule has 2 aromatic rings. The van der Waals surface area contributed by atoms with Gasteiger partial charge in [0.1, 0.15) is 0 Å². The van der Waals surface area contributed by atoms with Crippen LogP contribution >= 0.6 is 0 Å². The SMILES string of the molecule is COc1cccc([C@@H]2Nc3c(C)cc([N+](=O)[O-])cc3[C@@H]3C=CC[C@H]32)c1OC. The van der Waals surface area contributed by atoms with Crippen molar-refractivity contribution in [3.63, 3.8) is 0 Å². The van der Waals surface area contributed by atoms with E-state index in [1.165, 1.54) is 0 Å². The maximum absolute atomic E-state index is 11.3. The number of anilines is 1. The maximum atomic E-state index is 11.3. The molecular formula is C21H22N2O4. The van der Waals surface area contributed by atoms with Gasteiger partial charge in [-0.2, -0.15) is 0 Å². The van der Waals surface area contributed by atoms with Gasteiger partial charge in [0, 0.05) is 29.3 Å². The highest BCUT2D eigenvalue weighted by molar-refractivity contribution is 5.68. The lowest BCUT2D eigenvalue weighted by molar-refractivity contribution is -0.385. The number of benzene rings is 2. The highest BCUT2D eigenvalue weighted by Gasteiger charge is 2.40. The zero-order chi connectivity index (χ0) is 19.1. The van der Waals surface area contributed by atoms with Gasteiger partial charge in [-0.25, -0.2) is 0 Å². The van der Waals surface area contributed by atoms with Gasteiger partial charge in [-0.15, -0.1) is 0 Å². The summed E-state index contributed by atoms with van der Waals surface area (Å²) in [5.41, 5.74) is 4.04. The highest BCUT2D eigenvalue weighted by Crippen LogP contribution is 2.53. The number of aryl methyl sites for hydroxylation is 1. The molecule has 1 aliphatic carbocycles. The Balaban J connectivity index is 1.85. The van der Waals surface area contributed by atoms with Crippen LogP contribution in [0.1, 0.15) is 35.1 Å². The number of allylic oxidation sites excluding steroid dienone is 2. The summed E-state index contributed by atoms with van der Waals surface area (Å²) in [4.78, 5) is 11.0. The molecule has 1 heterocycles. The number of ether oxygens (including phenoxy) is 2. The van der Waals surface area contributed by atoms with E-state index < -0.39 is 0 Å². The molecule has 0 saturated carbocycles. The largest absolute Gasteiger partial charge is 0.493 e. The summed E-state index contributed by atoms with van der Waals surface area (Å²) in [6.45, 7) is 1.91. The molecule has 0 fully saturated rings. The highest BCUT2D eigenvalue weighted by atomic mass is 16.6. The van der Waals surface area contributed by atoms with Crippen molar-refractivity contribution in [2.24, 2.45) is 5.92 Å². The topological polar surface area (TPSA) is 73.6 Å². The van der Waals surface area contributed by atoms with Crippen LogP contribution in [0.25, 0.3) is 0 Å². The molecular weight excluding hydrogens is 344 g/mol. The van der Waals surface area contributed by atoms with E-state index in [0.717, 1.165) is 34.5 Å². The quantitative estimate of drug-likeness (QED) is 0.480. The van der Waals surface area contributed by atoms with Gasteiger partial charge in [0.15, 0.2) is 11.5 Å². The lowest BCUT2D eigenvalue weighted by Crippen LogP contribution is -2.30. The molecule has 2 aromatic carbocycles. The summed E-state index contributed by atoms with van der Waals surface area (Å²) in [5, 5.41) is 15.0. The van der Waals surface area contributed by atoms with Crippen LogP contribution in [0.15, 0.2) is 42.5 Å². The minimum Gasteiger partial charge on any atom is -0.493 e. The second-order valence-corrected chi connectivity index (χ2v) is 7.04. The number of hydrogen-bond acceptors (Lipinski definition) is 5. The summed E-state index contributed by atoms with van der Waals surface area (Å²) in [6, 6.07) is 9.28. The first-order valence-electron chi connectivity index (χ1n) is 8.98. The number of nitrogens with one attached hydrogen (secondary N) is 1. The predicted molar refractivity (Wildman–Crippen MR) is 104 cm³/mol. The Kier molecular flexibility index (Phi) is 4.26. The van der Waals surface area contributed by atoms with Gasteiger partial charge in [-0.3, -0.25) is 10.1 Å². The Labute approximate surface area is 158 Å². The van der Waals surface area contributed by atoms with Crippen molar-refractivity contribution in [3.8, 4) is 11.5 Å². The third-order valence-corrected chi connectivity index (χ3v) is 5.63. The third-order valence-electron chi connectivity index (χ3n) is 5.63. The monoisotopic (exact) mass is 366 g/mol. The van der Waals surface area contributed by atoms with Gasteiger partial charge in [0.25, 0.3) is 5.69 Å². The number of nitro benzene ring substituents is 1. The van der Waals surface area contributed by atoms with Gasteiger partial charge in [-0.1, -0.05) is 24.3 Å². The van der Waals surface area contributed by atoms with Crippen LogP contribution in [0, 0.1) is 23.0 Å². The van der Waals surface area contributed by atoms with Gasteiger partial charge in [0.05, 0.1) is 25.2 Å². The van der Waals surface area contributed by atoms with Crippen LogP contribution in [-0.2, 0) is 0 Å². The van der Waals surface area contributed by atoms with Gasteiger partial charge in [-0.05, 0) is 36.5 Å². The summed E-state index contributed by atoms with van der Waals surface area (Å²) in [5.74, 6) is 1.83. The van der Waals surface area contributed by atoms with Crippen LogP contribution in [0.3, 0.4) is 0 Å². The molecule has 0 radical (unpaired) electrons. The molecule has 0 amide bonds. The van der Waals surface area contributed by atoms with E-state index in [1.807, 2.05) is 19.1 Å². The van der Waals surface area contributed by atoms with E-state index in [9.17, 15) is 10.1 Å². The number of nitrogens with zero attached hydrogens (tertiary/aromatic N) is 1. The van der Waals surface area contributed by atoms with Gasteiger partial charge >= 0.3 is 0 Å². The van der Waals surface area contributed by atoms with Crippen molar-refractivity contribution >= 4 is 11.4 Å². The third kappa shape index (κ3) is 2.72. The van der Waals surface area contributed by atoms with E-state index in [1.54, 1.807) is 26.4 Å². The molecule has 0 aromatic heterocycles. The second kappa shape index (κ2) is 6.61. The first-order chi connectivity index (χ1) is 13.0. The standard InChI is InChI=1S/C21H22N2O4/c1-12-10-13(23(24)25)11-17-14-6-4-7-15(14)20(22-19(12)17)16-8-5-9-18(26-2)21(16)27-3/h4-6,8-11,14-15,20,22H,7H2,1-3H3/t14-,15-,20-/m1/s1. The zero-order valence-corrected chi connectivity index (χ0v) is 15.6. The Morgan fingerprint density at radius 3 is 2.70 bits per heavy atom. The first-order valence-corrected chi connectivity index (χ1v) is 8.98. The van der Waals surface area contributed by atoms with Crippen molar-refractivity contribution in [2.75, 3.05) is 19.5 Å². The van der Waals surface area contributed by atoms with Crippen molar-refractivity contribution < 1.29 is 14.4 Å². The van der Waals surface area contributed by atoms with Crippen molar-refractivity contribution in [1.29, 1.82) is 0 Å². The fourth-order valence-electron chi connectivity index (χ4n) is 4.44. The van der Waals surface area contributed by atoms with Crippen molar-refractivity contribution in [3.05, 3.63) is 69.3 Å². The van der Waals surface area contributed by atoms with E-state index in [4.69, 9.17) is 9.47 Å². The lowest BCUT2D eigenvalue weighted by Gasteiger charge is -2.38. The molecule has 0 spiro atoms. The predicted octanol–water partition coefficient (Wildman–Crippen LogP) is 4.75. The normalized spacial score (nSPS) is 22.6. The molecule has 6 nitrogen and oxygen atoms in total. The molecule has 3 atom stereocenters. The second-order valence-electron chi connectivity index (χ2n) is 7.04. The molecule has 27 heavy (non-hydrogen) atoms. The van der Waals surface area contributed by atoms with Gasteiger partial charge in [0.2, 0.25) is 0 Å². The minimum absolute atomic E-state index is 0.0303. The molecule has 6 heteroatoms. The van der Waals surface area contributed by atoms with E-state index in [0.29, 0.717) is 5.75 Å². The smallest absolute Gasteiger partial charge is 0.270 e. The van der Waals surface area contributed by atoms with Crippen LogP contribution in [0.5, 0.6) is 11.5 Å². The molecule has 1 aliphatic heterocycles. The van der Waals surface area contributed by atoms with E-state index in [-0.39, 0.29) is 28.5 Å². The molecule has 0 unspecified atom stereocenters. The fourth-order valence-corrected chi connectivity index (χ4v) is 4.44. The van der Waals surface area contributed by atoms with Crippen molar-refractivity contribution in [2.45, 2.75) is 25.3 Å². The Morgan fingerprint density at radius 2 is 2.00 bits per heavy atom. The zero-order valence-electron chi connectivity index (χ0n) is 15.6. The first kappa shape index (κ1) is 17.4. The average Bonchev–Trinajstić information content (AvgIpc) is 3.16. The lowest BCUT2D eigenvalue weighted by atomic mass is 9.76. The van der Waals surface area contributed by atoms with Crippen LogP contribution in [-0.4, -0.2) is 19.1 Å². The maximum Gasteiger partial charge on any atom is 0.270 e. The summed E-state index contributed by atoms with van der Waals surface area (Å²) < 4.78 is 11.1. The Bertz CT molecular complexity index is 938. The number of methoxy groups -OCH3 is 2. The molecule has 4 rings (SSSR count). The number of para-hydroxylation sites is 1. The van der Waals surface area contributed by atoms with Crippen LogP contribution < -0.4 is 14.8 Å². The average molecular weight is 366 g/mol. The minimum atomic E-state index is -0.321. The van der Waals surface area contributed by atoms with Crippen LogP contribution in [0.4, 0.5) is 11.4 Å². The van der Waals surface area contributed by atoms with Gasteiger partial charge < -0.3 is 14.8 Å².